The average molecular weight is 432 g/mol. The molecule has 2 aromatic carbocycles. The van der Waals surface area contributed by atoms with Gasteiger partial charge >= 0.3 is 0 Å². The standard InChI is InChI=1S/C27H33N3O2/c1-28-15-17-29(18-16-28)25(31)19-22-20-27(24-10-6-5-9-23(22)24)11-13-30(14-12-27)26(32)21-7-3-2-4-8-21/h2-10,22H,11-20H2,1H3/t22-/m0/s1. The third-order valence-electron chi connectivity index (χ3n) is 7.91. The summed E-state index contributed by atoms with van der Waals surface area (Å²) in [6.45, 7) is 5.16. The zero-order valence-electron chi connectivity index (χ0n) is 19.0. The molecule has 0 N–H and O–H groups in total. The summed E-state index contributed by atoms with van der Waals surface area (Å²) in [6.07, 6.45) is 3.58. The van der Waals surface area contributed by atoms with Gasteiger partial charge in [-0.05, 0) is 60.9 Å². The van der Waals surface area contributed by atoms with E-state index in [2.05, 4.69) is 41.1 Å². The summed E-state index contributed by atoms with van der Waals surface area (Å²) in [5, 5.41) is 0. The van der Waals surface area contributed by atoms with E-state index in [0.29, 0.717) is 12.3 Å². The van der Waals surface area contributed by atoms with E-state index < -0.39 is 0 Å². The van der Waals surface area contributed by atoms with Crippen LogP contribution in [0.2, 0.25) is 0 Å². The first-order valence-electron chi connectivity index (χ1n) is 12.0. The predicted octanol–water partition coefficient (Wildman–Crippen LogP) is 3.51. The van der Waals surface area contributed by atoms with Crippen molar-refractivity contribution in [2.24, 2.45) is 0 Å². The topological polar surface area (TPSA) is 43.9 Å². The van der Waals surface area contributed by atoms with Gasteiger partial charge in [-0.2, -0.15) is 0 Å². The molecule has 0 unspecified atom stereocenters. The van der Waals surface area contributed by atoms with Gasteiger partial charge < -0.3 is 14.7 Å². The van der Waals surface area contributed by atoms with Crippen LogP contribution in [0.15, 0.2) is 54.6 Å². The van der Waals surface area contributed by atoms with Crippen LogP contribution in [0.5, 0.6) is 0 Å². The minimum absolute atomic E-state index is 0.0944. The fourth-order valence-electron chi connectivity index (χ4n) is 5.98. The fourth-order valence-corrected chi connectivity index (χ4v) is 5.98. The Bertz CT molecular complexity index is 973. The third kappa shape index (κ3) is 3.95. The molecule has 1 aliphatic carbocycles. The first-order valence-corrected chi connectivity index (χ1v) is 12.0. The molecular weight excluding hydrogens is 398 g/mol. The van der Waals surface area contributed by atoms with Crippen molar-refractivity contribution in [3.05, 3.63) is 71.3 Å². The van der Waals surface area contributed by atoms with E-state index >= 15 is 0 Å². The van der Waals surface area contributed by atoms with Gasteiger partial charge in [0.2, 0.25) is 5.91 Å². The summed E-state index contributed by atoms with van der Waals surface area (Å²) in [7, 11) is 2.12. The molecule has 2 fully saturated rings. The largest absolute Gasteiger partial charge is 0.340 e. The lowest BCUT2D eigenvalue weighted by Crippen LogP contribution is -2.47. The van der Waals surface area contributed by atoms with Gasteiger partial charge in [-0.3, -0.25) is 9.59 Å². The van der Waals surface area contributed by atoms with Crippen molar-refractivity contribution in [3.63, 3.8) is 0 Å². The van der Waals surface area contributed by atoms with Crippen molar-refractivity contribution < 1.29 is 9.59 Å². The van der Waals surface area contributed by atoms with Crippen LogP contribution in [-0.2, 0) is 10.2 Å². The number of carbonyl (C=O) groups excluding carboxylic acids is 2. The molecule has 0 saturated carbocycles. The van der Waals surface area contributed by atoms with Crippen LogP contribution < -0.4 is 0 Å². The molecule has 5 rings (SSSR count). The summed E-state index contributed by atoms with van der Waals surface area (Å²) < 4.78 is 0. The Hall–Kier alpha value is -2.66. The quantitative estimate of drug-likeness (QED) is 0.747. The molecule has 3 aliphatic rings. The number of piperidine rings is 1. The Labute approximate surface area is 191 Å². The predicted molar refractivity (Wildman–Crippen MR) is 126 cm³/mol. The highest BCUT2D eigenvalue weighted by Crippen LogP contribution is 2.52. The Morgan fingerprint density at radius 1 is 0.844 bits per heavy atom. The summed E-state index contributed by atoms with van der Waals surface area (Å²) >= 11 is 0. The molecular formula is C27H33N3O2. The Balaban J connectivity index is 1.29. The number of nitrogens with zero attached hydrogens (tertiary/aromatic N) is 3. The highest BCUT2D eigenvalue weighted by Gasteiger charge is 2.46. The second-order valence-corrected chi connectivity index (χ2v) is 9.82. The maximum atomic E-state index is 13.1. The molecule has 0 bridgehead atoms. The van der Waals surface area contributed by atoms with Crippen molar-refractivity contribution >= 4 is 11.8 Å². The van der Waals surface area contributed by atoms with Gasteiger partial charge in [-0.25, -0.2) is 0 Å². The van der Waals surface area contributed by atoms with E-state index in [-0.39, 0.29) is 17.2 Å². The van der Waals surface area contributed by atoms with E-state index in [9.17, 15) is 9.59 Å². The summed E-state index contributed by atoms with van der Waals surface area (Å²) in [5.74, 6) is 0.718. The molecule has 5 nitrogen and oxygen atoms in total. The van der Waals surface area contributed by atoms with Crippen LogP contribution in [0.4, 0.5) is 0 Å². The average Bonchev–Trinajstić information content (AvgIpc) is 3.13. The minimum atomic E-state index is 0.0944. The number of benzene rings is 2. The van der Waals surface area contributed by atoms with Gasteiger partial charge in [0.25, 0.3) is 5.91 Å². The monoisotopic (exact) mass is 431 g/mol. The molecule has 168 valence electrons. The van der Waals surface area contributed by atoms with Crippen molar-refractivity contribution in [2.45, 2.75) is 37.0 Å². The van der Waals surface area contributed by atoms with Gasteiger partial charge in [0.15, 0.2) is 0 Å². The van der Waals surface area contributed by atoms with Crippen molar-refractivity contribution in [1.82, 2.24) is 14.7 Å². The van der Waals surface area contributed by atoms with Crippen LogP contribution in [0.1, 0.15) is 53.1 Å². The molecule has 0 radical (unpaired) electrons. The number of hydrogen-bond acceptors (Lipinski definition) is 3. The zero-order valence-corrected chi connectivity index (χ0v) is 19.0. The molecule has 1 spiro atoms. The number of likely N-dealkylation sites (tertiary alicyclic amines) is 1. The molecule has 2 amide bonds. The Morgan fingerprint density at radius 3 is 2.22 bits per heavy atom. The normalized spacial score (nSPS) is 22.7. The molecule has 1 atom stereocenters. The first-order chi connectivity index (χ1) is 15.6. The number of carbonyl (C=O) groups is 2. The number of likely N-dealkylation sites (N-methyl/N-ethyl adjacent to an activating group) is 1. The van der Waals surface area contributed by atoms with Crippen molar-refractivity contribution in [3.8, 4) is 0 Å². The second kappa shape index (κ2) is 8.70. The van der Waals surface area contributed by atoms with Crippen LogP contribution in [0.3, 0.4) is 0 Å². The van der Waals surface area contributed by atoms with Gasteiger partial charge in [0.1, 0.15) is 0 Å². The number of amides is 2. The van der Waals surface area contributed by atoms with Crippen LogP contribution in [0, 0.1) is 0 Å². The number of piperazine rings is 1. The van der Waals surface area contributed by atoms with Gasteiger partial charge in [0.05, 0.1) is 0 Å². The van der Waals surface area contributed by atoms with Crippen molar-refractivity contribution in [1.29, 1.82) is 0 Å². The van der Waals surface area contributed by atoms with Crippen LogP contribution in [-0.4, -0.2) is 72.8 Å². The Morgan fingerprint density at radius 2 is 1.50 bits per heavy atom. The lowest BCUT2D eigenvalue weighted by molar-refractivity contribution is -0.133. The van der Waals surface area contributed by atoms with Gasteiger partial charge in [0, 0.05) is 51.3 Å². The van der Waals surface area contributed by atoms with Gasteiger partial charge in [-0.15, -0.1) is 0 Å². The maximum Gasteiger partial charge on any atom is 0.253 e. The smallest absolute Gasteiger partial charge is 0.253 e. The van der Waals surface area contributed by atoms with Crippen LogP contribution in [0.25, 0.3) is 0 Å². The summed E-state index contributed by atoms with van der Waals surface area (Å²) in [5.41, 5.74) is 3.64. The number of fused-ring (bicyclic) bond motifs is 2. The Kier molecular flexibility index (Phi) is 5.76. The highest BCUT2D eigenvalue weighted by molar-refractivity contribution is 5.94. The lowest BCUT2D eigenvalue weighted by atomic mass is 9.73. The van der Waals surface area contributed by atoms with E-state index in [4.69, 9.17) is 0 Å². The van der Waals surface area contributed by atoms with Gasteiger partial charge in [-0.1, -0.05) is 42.5 Å². The van der Waals surface area contributed by atoms with E-state index in [1.165, 1.54) is 11.1 Å². The highest BCUT2D eigenvalue weighted by atomic mass is 16.2. The second-order valence-electron chi connectivity index (χ2n) is 9.82. The fraction of sp³-hybridized carbons (Fsp3) is 0.481. The number of rotatable bonds is 3. The van der Waals surface area contributed by atoms with Crippen LogP contribution >= 0.6 is 0 Å². The zero-order chi connectivity index (χ0) is 22.1. The van der Waals surface area contributed by atoms with E-state index in [1.807, 2.05) is 35.2 Å². The minimum Gasteiger partial charge on any atom is -0.340 e. The summed E-state index contributed by atoms with van der Waals surface area (Å²) in [4.78, 5) is 32.4. The molecule has 2 heterocycles. The molecule has 32 heavy (non-hydrogen) atoms. The maximum absolute atomic E-state index is 13.1. The lowest BCUT2D eigenvalue weighted by Gasteiger charge is -2.40. The van der Waals surface area contributed by atoms with E-state index in [0.717, 1.165) is 64.1 Å². The third-order valence-corrected chi connectivity index (χ3v) is 7.91. The number of hydrogen-bond donors (Lipinski definition) is 0. The van der Waals surface area contributed by atoms with E-state index in [1.54, 1.807) is 0 Å². The molecule has 5 heteroatoms. The molecule has 0 aromatic heterocycles. The van der Waals surface area contributed by atoms with Crippen molar-refractivity contribution in [2.75, 3.05) is 46.3 Å². The molecule has 2 saturated heterocycles. The first kappa shape index (κ1) is 21.2. The molecule has 2 aromatic rings. The SMILES string of the molecule is CN1CCN(C(=O)C[C@H]2CC3(CCN(C(=O)c4ccccc4)CC3)c3ccccc32)CC1. The molecule has 2 aliphatic heterocycles. The summed E-state index contributed by atoms with van der Waals surface area (Å²) in [6, 6.07) is 18.3.